The van der Waals surface area contributed by atoms with Gasteiger partial charge in [0, 0.05) is 5.56 Å². The number of hydrogen-bond acceptors (Lipinski definition) is 8. The Balaban J connectivity index is 1.50. The van der Waals surface area contributed by atoms with Crippen molar-refractivity contribution in [1.82, 2.24) is 30.2 Å². The first-order valence-electron chi connectivity index (χ1n) is 11.6. The summed E-state index contributed by atoms with van der Waals surface area (Å²) in [5, 5.41) is 14.5. The molecule has 0 amide bonds. The number of hydrogen-bond donors (Lipinski definition) is 1. The number of methoxy groups -OCH3 is 1. The molecule has 0 spiro atoms. The molecule has 0 aliphatic carbocycles. The number of rotatable bonds is 7. The minimum absolute atomic E-state index is 0.00104. The second kappa shape index (κ2) is 9.98. The topological polar surface area (TPSA) is 108 Å². The first kappa shape index (κ1) is 23.8. The van der Waals surface area contributed by atoms with Crippen LogP contribution in [0.3, 0.4) is 0 Å². The van der Waals surface area contributed by atoms with Crippen LogP contribution in [-0.4, -0.2) is 49.4 Å². The molecule has 5 rings (SSSR count). The van der Waals surface area contributed by atoms with Gasteiger partial charge in [-0.1, -0.05) is 48.5 Å². The van der Waals surface area contributed by atoms with Gasteiger partial charge in [0.15, 0.2) is 0 Å². The SMILES string of the molecule is COC(=O)C1=Cc2c(nc(OC(C)C)n2Cc2ccc(-c3ccccc3-c3nn[nH]n3)cc2)C(C)S1. The van der Waals surface area contributed by atoms with Crippen molar-refractivity contribution < 1.29 is 14.3 Å². The summed E-state index contributed by atoms with van der Waals surface area (Å²) >= 11 is 1.45. The van der Waals surface area contributed by atoms with E-state index >= 15 is 0 Å². The number of benzene rings is 2. The average molecular weight is 503 g/mol. The van der Waals surface area contributed by atoms with Gasteiger partial charge in [-0.3, -0.25) is 4.57 Å². The quantitative estimate of drug-likeness (QED) is 0.356. The third kappa shape index (κ3) is 4.64. The van der Waals surface area contributed by atoms with Crippen LogP contribution in [0.5, 0.6) is 6.01 Å². The number of imidazole rings is 1. The van der Waals surface area contributed by atoms with Gasteiger partial charge >= 0.3 is 5.97 Å². The minimum Gasteiger partial charge on any atom is -0.465 e. The number of H-pyrrole nitrogens is 1. The van der Waals surface area contributed by atoms with Gasteiger partial charge in [-0.15, -0.1) is 22.0 Å². The lowest BCUT2D eigenvalue weighted by atomic mass is 9.98. The Bertz CT molecular complexity index is 1410. The normalized spacial score (nSPS) is 14.9. The van der Waals surface area contributed by atoms with E-state index in [9.17, 15) is 4.79 Å². The fourth-order valence-electron chi connectivity index (χ4n) is 4.16. The van der Waals surface area contributed by atoms with E-state index in [2.05, 4.69) is 44.9 Å². The highest BCUT2D eigenvalue weighted by atomic mass is 32.2. The molecule has 1 unspecified atom stereocenters. The van der Waals surface area contributed by atoms with Crippen molar-refractivity contribution in [2.75, 3.05) is 7.11 Å². The molecule has 3 heterocycles. The number of fused-ring (bicyclic) bond motifs is 1. The van der Waals surface area contributed by atoms with E-state index in [4.69, 9.17) is 14.5 Å². The molecule has 0 saturated heterocycles. The Morgan fingerprint density at radius 2 is 1.89 bits per heavy atom. The molecule has 1 atom stereocenters. The Hall–Kier alpha value is -3.92. The predicted octanol–water partition coefficient (Wildman–Crippen LogP) is 4.89. The van der Waals surface area contributed by atoms with E-state index in [-0.39, 0.29) is 17.3 Å². The van der Waals surface area contributed by atoms with Crippen molar-refractivity contribution in [2.45, 2.75) is 38.7 Å². The fourth-order valence-corrected chi connectivity index (χ4v) is 5.18. The van der Waals surface area contributed by atoms with Gasteiger partial charge in [0.05, 0.1) is 41.3 Å². The number of ether oxygens (including phenoxy) is 2. The highest BCUT2D eigenvalue weighted by Gasteiger charge is 2.30. The van der Waals surface area contributed by atoms with Gasteiger partial charge in [0.25, 0.3) is 6.01 Å². The van der Waals surface area contributed by atoms with Crippen LogP contribution in [0.4, 0.5) is 0 Å². The number of carbonyl (C=O) groups excluding carboxylic acids is 1. The largest absolute Gasteiger partial charge is 0.465 e. The molecule has 0 saturated carbocycles. The number of esters is 1. The Labute approximate surface area is 212 Å². The second-order valence-corrected chi connectivity index (χ2v) is 10.0. The van der Waals surface area contributed by atoms with Gasteiger partial charge in [0.1, 0.15) is 0 Å². The first-order valence-corrected chi connectivity index (χ1v) is 12.5. The maximum atomic E-state index is 12.3. The van der Waals surface area contributed by atoms with E-state index in [1.165, 1.54) is 18.9 Å². The first-order chi connectivity index (χ1) is 17.4. The summed E-state index contributed by atoms with van der Waals surface area (Å²) < 4.78 is 13.1. The van der Waals surface area contributed by atoms with Crippen LogP contribution < -0.4 is 4.74 Å². The number of aromatic nitrogens is 6. The average Bonchev–Trinajstić information content (AvgIpc) is 3.53. The highest BCUT2D eigenvalue weighted by Crippen LogP contribution is 2.43. The van der Waals surface area contributed by atoms with E-state index in [1.807, 2.05) is 55.7 Å². The number of nitrogens with one attached hydrogen (secondary N) is 1. The van der Waals surface area contributed by atoms with Crippen LogP contribution in [0.25, 0.3) is 28.6 Å². The van der Waals surface area contributed by atoms with Crippen molar-refractivity contribution in [3.63, 3.8) is 0 Å². The lowest BCUT2D eigenvalue weighted by Gasteiger charge is -2.18. The molecule has 9 nitrogen and oxygen atoms in total. The Kier molecular flexibility index (Phi) is 6.60. The van der Waals surface area contributed by atoms with E-state index in [0.29, 0.717) is 23.3 Å². The molecule has 10 heteroatoms. The molecule has 2 aromatic carbocycles. The van der Waals surface area contributed by atoms with Crippen LogP contribution in [0.1, 0.15) is 43.0 Å². The van der Waals surface area contributed by atoms with Gasteiger partial charge in [-0.2, -0.15) is 10.2 Å². The van der Waals surface area contributed by atoms with Crippen LogP contribution in [0.15, 0.2) is 53.4 Å². The third-order valence-electron chi connectivity index (χ3n) is 5.80. The number of thioether (sulfide) groups is 1. The maximum absolute atomic E-state index is 12.3. The van der Waals surface area contributed by atoms with Crippen LogP contribution >= 0.6 is 11.8 Å². The predicted molar refractivity (Wildman–Crippen MR) is 138 cm³/mol. The van der Waals surface area contributed by atoms with Gasteiger partial charge in [-0.25, -0.2) is 4.79 Å². The molecule has 36 heavy (non-hydrogen) atoms. The van der Waals surface area contributed by atoms with E-state index < -0.39 is 0 Å². The third-order valence-corrected chi connectivity index (χ3v) is 6.92. The van der Waals surface area contributed by atoms with Gasteiger partial charge in [0.2, 0.25) is 5.82 Å². The molecule has 0 bridgehead atoms. The summed E-state index contributed by atoms with van der Waals surface area (Å²) in [6.07, 6.45) is 1.81. The minimum atomic E-state index is -0.346. The van der Waals surface area contributed by atoms with Gasteiger partial charge in [-0.05, 0) is 48.8 Å². The molecule has 4 aromatic rings. The molecule has 1 aliphatic rings. The van der Waals surface area contributed by atoms with Crippen LogP contribution in [0.2, 0.25) is 0 Å². The summed E-state index contributed by atoms with van der Waals surface area (Å²) in [6, 6.07) is 16.8. The molecular formula is C26H26N6O3S. The number of nitrogens with zero attached hydrogens (tertiary/aromatic N) is 5. The summed E-state index contributed by atoms with van der Waals surface area (Å²) in [4.78, 5) is 17.6. The zero-order valence-corrected chi connectivity index (χ0v) is 21.2. The number of carbonyl (C=O) groups is 1. The summed E-state index contributed by atoms with van der Waals surface area (Å²) in [5.74, 6) is 0.205. The van der Waals surface area contributed by atoms with E-state index in [0.717, 1.165) is 33.6 Å². The van der Waals surface area contributed by atoms with Gasteiger partial charge < -0.3 is 9.47 Å². The number of aromatic amines is 1. The second-order valence-electron chi connectivity index (χ2n) is 8.66. The summed E-state index contributed by atoms with van der Waals surface area (Å²) in [6.45, 7) is 6.52. The molecule has 1 aliphatic heterocycles. The lowest BCUT2D eigenvalue weighted by Crippen LogP contribution is -2.13. The van der Waals surface area contributed by atoms with Crippen LogP contribution in [0, 0.1) is 0 Å². The van der Waals surface area contributed by atoms with Crippen molar-refractivity contribution in [1.29, 1.82) is 0 Å². The number of tetrazole rings is 1. The lowest BCUT2D eigenvalue weighted by molar-refractivity contribution is -0.135. The Morgan fingerprint density at radius 1 is 1.14 bits per heavy atom. The molecule has 0 radical (unpaired) electrons. The molecule has 0 fully saturated rings. The van der Waals surface area contributed by atoms with Crippen LogP contribution in [-0.2, 0) is 16.1 Å². The Morgan fingerprint density at radius 3 is 2.56 bits per heavy atom. The zero-order valence-electron chi connectivity index (χ0n) is 20.4. The summed E-state index contributed by atoms with van der Waals surface area (Å²) in [7, 11) is 1.40. The molecular weight excluding hydrogens is 476 g/mol. The zero-order chi connectivity index (χ0) is 25.2. The fraction of sp³-hybridized carbons (Fsp3) is 0.269. The smallest absolute Gasteiger partial charge is 0.344 e. The highest BCUT2D eigenvalue weighted by molar-refractivity contribution is 8.04. The monoisotopic (exact) mass is 502 g/mol. The van der Waals surface area contributed by atoms with E-state index in [1.54, 1.807) is 0 Å². The van der Waals surface area contributed by atoms with Crippen molar-refractivity contribution in [2.24, 2.45) is 0 Å². The molecule has 184 valence electrons. The molecule has 1 N–H and O–H groups in total. The maximum Gasteiger partial charge on any atom is 0.344 e. The summed E-state index contributed by atoms with van der Waals surface area (Å²) in [5.41, 5.74) is 5.80. The molecule has 2 aromatic heterocycles. The van der Waals surface area contributed by atoms with Crippen molar-refractivity contribution >= 4 is 23.8 Å². The van der Waals surface area contributed by atoms with Crippen molar-refractivity contribution in [3.05, 3.63) is 70.4 Å². The van der Waals surface area contributed by atoms with Crippen molar-refractivity contribution in [3.8, 4) is 28.5 Å². The standard InChI is InChI=1S/C26H26N6O3S/c1-15(2)35-26-27-23-16(3)36-22(25(33)34-4)13-21(23)32(26)14-17-9-11-18(12-10-17)19-7-5-6-8-20(19)24-28-30-31-29-24/h5-13,15-16H,14H2,1-4H3,(H,28,29,30,31).